The lowest BCUT2D eigenvalue weighted by Crippen LogP contribution is -2.38. The maximum Gasteiger partial charge on any atom is 0.306 e. The van der Waals surface area contributed by atoms with Gasteiger partial charge in [0, 0.05) is 34.8 Å². The average Bonchev–Trinajstić information content (AvgIpc) is 2.67. The summed E-state index contributed by atoms with van der Waals surface area (Å²) in [6, 6.07) is 4.39. The van der Waals surface area contributed by atoms with Crippen molar-refractivity contribution in [3.8, 4) is 0 Å². The molecule has 1 aliphatic rings. The molecule has 5 N–H and O–H groups in total. The van der Waals surface area contributed by atoms with Crippen molar-refractivity contribution in [2.45, 2.75) is 36.6 Å². The number of fused-ring (bicyclic) bond motifs is 1. The highest BCUT2D eigenvalue weighted by Crippen LogP contribution is 2.28. The Balaban J connectivity index is 0.00000300. The van der Waals surface area contributed by atoms with Crippen LogP contribution < -0.4 is 15.8 Å². The van der Waals surface area contributed by atoms with Crippen LogP contribution in [0.2, 0.25) is 0 Å². The SMILES string of the molecule is Cl.NC(=NCl)Nc1cncc2cc(S(=O)(=O)NC3CCC(C(=O)O)CC3)ccc12. The second kappa shape index (κ2) is 9.57. The normalized spacial score (nSPS) is 20.1. The van der Waals surface area contributed by atoms with Gasteiger partial charge in [-0.05, 0) is 37.8 Å². The van der Waals surface area contributed by atoms with E-state index in [1.165, 1.54) is 18.3 Å². The summed E-state index contributed by atoms with van der Waals surface area (Å²) in [6.07, 6.45) is 4.99. The summed E-state index contributed by atoms with van der Waals surface area (Å²) in [6.45, 7) is 0. The molecule has 0 unspecified atom stereocenters. The molecular formula is C17H21Cl2N5O4S. The molecule has 3 rings (SSSR count). The summed E-state index contributed by atoms with van der Waals surface area (Å²) in [7, 11) is -3.74. The number of aromatic nitrogens is 1. The lowest BCUT2D eigenvalue weighted by Gasteiger charge is -2.26. The number of sulfonamides is 1. The number of halogens is 2. The van der Waals surface area contributed by atoms with Crippen LogP contribution in [0.3, 0.4) is 0 Å². The van der Waals surface area contributed by atoms with Crippen LogP contribution in [0, 0.1) is 5.92 Å². The van der Waals surface area contributed by atoms with Gasteiger partial charge < -0.3 is 16.2 Å². The van der Waals surface area contributed by atoms with Gasteiger partial charge in [0.25, 0.3) is 0 Å². The summed E-state index contributed by atoms with van der Waals surface area (Å²) in [5, 5.41) is 13.2. The zero-order valence-electron chi connectivity index (χ0n) is 15.2. The quantitative estimate of drug-likeness (QED) is 0.394. The molecule has 0 saturated heterocycles. The molecule has 1 aliphatic carbocycles. The van der Waals surface area contributed by atoms with Crippen LogP contribution in [0.15, 0.2) is 40.0 Å². The predicted molar refractivity (Wildman–Crippen MR) is 114 cm³/mol. The van der Waals surface area contributed by atoms with E-state index in [2.05, 4.69) is 19.5 Å². The van der Waals surface area contributed by atoms with Crippen LogP contribution in [0.25, 0.3) is 10.8 Å². The Bertz CT molecular complexity index is 1020. The Kier molecular flexibility index (Phi) is 7.64. The van der Waals surface area contributed by atoms with E-state index < -0.39 is 21.9 Å². The minimum atomic E-state index is -3.74. The van der Waals surface area contributed by atoms with Gasteiger partial charge in [0.15, 0.2) is 0 Å². The second-order valence-electron chi connectivity index (χ2n) is 6.67. The molecule has 29 heavy (non-hydrogen) atoms. The molecule has 158 valence electrons. The highest BCUT2D eigenvalue weighted by molar-refractivity contribution is 7.89. The van der Waals surface area contributed by atoms with Gasteiger partial charge in [0.1, 0.15) is 0 Å². The van der Waals surface area contributed by atoms with Crippen molar-refractivity contribution in [3.63, 3.8) is 0 Å². The topological polar surface area (TPSA) is 147 Å². The van der Waals surface area contributed by atoms with Crippen molar-refractivity contribution in [2.24, 2.45) is 16.2 Å². The third kappa shape index (κ3) is 5.47. The Morgan fingerprint density at radius 3 is 2.55 bits per heavy atom. The number of hydrogen-bond donors (Lipinski definition) is 4. The average molecular weight is 462 g/mol. The van der Waals surface area contributed by atoms with Crippen LogP contribution in [0.4, 0.5) is 5.69 Å². The maximum absolute atomic E-state index is 12.7. The molecule has 0 spiro atoms. The van der Waals surface area contributed by atoms with Gasteiger partial charge >= 0.3 is 5.97 Å². The summed E-state index contributed by atoms with van der Waals surface area (Å²) in [5.41, 5.74) is 6.11. The Hall–Kier alpha value is -2.14. The molecule has 0 amide bonds. The van der Waals surface area contributed by atoms with Gasteiger partial charge in [-0.3, -0.25) is 9.78 Å². The van der Waals surface area contributed by atoms with Gasteiger partial charge in [-0.25, -0.2) is 13.1 Å². The number of carboxylic acid groups (broad SMARTS) is 1. The first-order valence-electron chi connectivity index (χ1n) is 8.64. The van der Waals surface area contributed by atoms with Gasteiger partial charge in [0.05, 0.1) is 22.7 Å². The predicted octanol–water partition coefficient (Wildman–Crippen LogP) is 2.46. The zero-order chi connectivity index (χ0) is 20.3. The number of aliphatic carboxylic acids is 1. The number of rotatable bonds is 5. The molecule has 1 saturated carbocycles. The molecule has 1 fully saturated rings. The monoisotopic (exact) mass is 461 g/mol. The number of carboxylic acids is 1. The molecule has 1 aromatic heterocycles. The van der Waals surface area contributed by atoms with E-state index in [-0.39, 0.29) is 29.3 Å². The van der Waals surface area contributed by atoms with E-state index in [0.717, 1.165) is 0 Å². The fourth-order valence-corrected chi connectivity index (χ4v) is 4.71. The van der Waals surface area contributed by atoms with Crippen LogP contribution in [-0.4, -0.2) is 36.5 Å². The van der Waals surface area contributed by atoms with Crippen molar-refractivity contribution in [2.75, 3.05) is 5.32 Å². The number of carbonyl (C=O) groups is 1. The van der Waals surface area contributed by atoms with E-state index in [1.54, 1.807) is 12.3 Å². The molecular weight excluding hydrogens is 441 g/mol. The number of pyridine rings is 1. The summed E-state index contributed by atoms with van der Waals surface area (Å²) >= 11 is 5.32. The zero-order valence-corrected chi connectivity index (χ0v) is 17.6. The molecule has 9 nitrogen and oxygen atoms in total. The minimum absolute atomic E-state index is 0. The number of benzene rings is 1. The first-order chi connectivity index (χ1) is 13.3. The molecule has 0 radical (unpaired) electrons. The molecule has 2 aromatic rings. The maximum atomic E-state index is 12.7. The Labute approximate surface area is 179 Å². The van der Waals surface area contributed by atoms with Crippen LogP contribution in [0.1, 0.15) is 25.7 Å². The van der Waals surface area contributed by atoms with Gasteiger partial charge in [-0.1, -0.05) is 6.07 Å². The standard InChI is InChI=1S/C17H20ClN5O4S.ClH/c18-22-17(19)21-15-9-20-8-11-7-13(5-6-14(11)15)28(26,27)23-12-3-1-10(2-4-12)16(24)25;/h5-10,12,23H,1-4H2,(H,24,25)(H3,19,21,22);1H. The van der Waals surface area contributed by atoms with Crippen molar-refractivity contribution < 1.29 is 18.3 Å². The molecule has 0 aliphatic heterocycles. The van der Waals surface area contributed by atoms with Crippen LogP contribution in [-0.2, 0) is 14.8 Å². The van der Waals surface area contributed by atoms with Crippen molar-refractivity contribution in [3.05, 3.63) is 30.6 Å². The summed E-state index contributed by atoms with van der Waals surface area (Å²) in [5.74, 6) is -1.23. The highest BCUT2D eigenvalue weighted by Gasteiger charge is 2.29. The highest BCUT2D eigenvalue weighted by atomic mass is 35.5. The molecule has 1 aromatic carbocycles. The molecule has 0 atom stereocenters. The van der Waals surface area contributed by atoms with E-state index in [9.17, 15) is 13.2 Å². The van der Waals surface area contributed by atoms with E-state index in [0.29, 0.717) is 42.1 Å². The molecule has 12 heteroatoms. The summed E-state index contributed by atoms with van der Waals surface area (Å²) in [4.78, 5) is 15.2. The lowest BCUT2D eigenvalue weighted by atomic mass is 9.87. The van der Waals surface area contributed by atoms with Crippen molar-refractivity contribution in [1.29, 1.82) is 0 Å². The van der Waals surface area contributed by atoms with Crippen LogP contribution in [0.5, 0.6) is 0 Å². The Morgan fingerprint density at radius 2 is 1.93 bits per heavy atom. The fourth-order valence-electron chi connectivity index (χ4n) is 3.33. The van der Waals surface area contributed by atoms with Crippen molar-refractivity contribution >= 4 is 62.6 Å². The first-order valence-corrected chi connectivity index (χ1v) is 10.5. The number of anilines is 1. The molecule has 1 heterocycles. The number of guanidine groups is 1. The minimum Gasteiger partial charge on any atom is -0.481 e. The van der Waals surface area contributed by atoms with E-state index >= 15 is 0 Å². The van der Waals surface area contributed by atoms with Crippen LogP contribution >= 0.6 is 24.2 Å². The fraction of sp³-hybridized carbons (Fsp3) is 0.353. The van der Waals surface area contributed by atoms with E-state index in [4.69, 9.17) is 22.6 Å². The third-order valence-electron chi connectivity index (χ3n) is 4.79. The van der Waals surface area contributed by atoms with E-state index in [1.807, 2.05) is 0 Å². The smallest absolute Gasteiger partial charge is 0.306 e. The second-order valence-corrected chi connectivity index (χ2v) is 8.56. The Morgan fingerprint density at radius 1 is 1.24 bits per heavy atom. The number of nitrogens with one attached hydrogen (secondary N) is 2. The number of hydrogen-bond acceptors (Lipinski definition) is 5. The largest absolute Gasteiger partial charge is 0.481 e. The third-order valence-corrected chi connectivity index (χ3v) is 6.49. The summed E-state index contributed by atoms with van der Waals surface area (Å²) < 4.78 is 31.5. The first kappa shape index (κ1) is 23.1. The lowest BCUT2D eigenvalue weighted by molar-refractivity contribution is -0.142. The number of nitrogens with zero attached hydrogens (tertiary/aromatic N) is 2. The van der Waals surface area contributed by atoms with Crippen molar-refractivity contribution in [1.82, 2.24) is 9.71 Å². The van der Waals surface area contributed by atoms with Gasteiger partial charge in [-0.15, -0.1) is 16.9 Å². The van der Waals surface area contributed by atoms with Gasteiger partial charge in [-0.2, -0.15) is 0 Å². The van der Waals surface area contributed by atoms with Gasteiger partial charge in [0.2, 0.25) is 16.0 Å². The molecule has 0 bridgehead atoms. The number of nitrogens with two attached hydrogens (primary N) is 1.